The normalized spacial score (nSPS) is 29.9. The molecule has 3 aliphatic rings. The Hall–Kier alpha value is -0.760. The summed E-state index contributed by atoms with van der Waals surface area (Å²) in [4.78, 5) is 18.2. The molecule has 1 aromatic rings. The molecule has 0 bridgehead atoms. The SMILES string of the molecule is O=C(N=C1S[C@H]2CS(=O)(=O)C[C@@H]2N1c1cccc(Cl)c1Cl)C1CC1. The third-order valence-corrected chi connectivity index (χ3v) is 8.41. The van der Waals surface area contributed by atoms with Crippen molar-refractivity contribution in [3.8, 4) is 0 Å². The van der Waals surface area contributed by atoms with Gasteiger partial charge in [-0.1, -0.05) is 41.0 Å². The second kappa shape index (κ2) is 5.90. The Labute approximate surface area is 154 Å². The fraction of sp³-hybridized carbons (Fsp3) is 0.467. The molecule has 4 rings (SSSR count). The first-order valence-electron chi connectivity index (χ1n) is 7.58. The van der Waals surface area contributed by atoms with E-state index in [1.54, 1.807) is 23.1 Å². The lowest BCUT2D eigenvalue weighted by Crippen LogP contribution is -2.38. The van der Waals surface area contributed by atoms with E-state index in [0.717, 1.165) is 12.8 Å². The number of amides is 1. The number of sulfone groups is 1. The highest BCUT2D eigenvalue weighted by atomic mass is 35.5. The number of halogens is 2. The second-order valence-electron chi connectivity index (χ2n) is 6.25. The minimum atomic E-state index is -3.10. The predicted molar refractivity (Wildman–Crippen MR) is 97.9 cm³/mol. The molecule has 2 saturated heterocycles. The molecule has 1 amide bonds. The van der Waals surface area contributed by atoms with Crippen LogP contribution in [0.5, 0.6) is 0 Å². The van der Waals surface area contributed by atoms with Crippen LogP contribution in [0, 0.1) is 5.92 Å². The van der Waals surface area contributed by atoms with Crippen molar-refractivity contribution in [1.29, 1.82) is 0 Å². The number of hydrogen-bond donors (Lipinski definition) is 0. The van der Waals surface area contributed by atoms with Gasteiger partial charge in [-0.3, -0.25) is 4.79 Å². The summed E-state index contributed by atoms with van der Waals surface area (Å²) in [5.74, 6) is 0.0000795. The maximum atomic E-state index is 12.1. The van der Waals surface area contributed by atoms with Gasteiger partial charge in [-0.05, 0) is 25.0 Å². The lowest BCUT2D eigenvalue weighted by atomic mass is 10.2. The zero-order valence-corrected chi connectivity index (χ0v) is 15.6. The van der Waals surface area contributed by atoms with Crippen LogP contribution in [0.15, 0.2) is 23.2 Å². The molecule has 3 fully saturated rings. The van der Waals surface area contributed by atoms with E-state index in [2.05, 4.69) is 4.99 Å². The first kappa shape index (κ1) is 16.7. The van der Waals surface area contributed by atoms with Gasteiger partial charge in [0.25, 0.3) is 5.91 Å². The van der Waals surface area contributed by atoms with Crippen molar-refractivity contribution >= 4 is 61.6 Å². The molecule has 5 nitrogen and oxygen atoms in total. The number of anilines is 1. The largest absolute Gasteiger partial charge is 0.314 e. The van der Waals surface area contributed by atoms with Crippen molar-refractivity contribution in [2.75, 3.05) is 16.4 Å². The summed E-state index contributed by atoms with van der Waals surface area (Å²) in [6.07, 6.45) is 1.75. The van der Waals surface area contributed by atoms with E-state index < -0.39 is 9.84 Å². The number of fused-ring (bicyclic) bond motifs is 1. The fourth-order valence-corrected chi connectivity index (χ4v) is 7.34. The molecule has 9 heteroatoms. The van der Waals surface area contributed by atoms with Gasteiger partial charge in [0.1, 0.15) is 0 Å². The summed E-state index contributed by atoms with van der Waals surface area (Å²) in [7, 11) is -3.10. The number of aliphatic imine (C=N–C) groups is 1. The van der Waals surface area contributed by atoms with Crippen molar-refractivity contribution in [2.45, 2.75) is 24.1 Å². The van der Waals surface area contributed by atoms with Crippen LogP contribution in [0.25, 0.3) is 0 Å². The molecule has 0 unspecified atom stereocenters. The Morgan fingerprint density at radius 1 is 1.25 bits per heavy atom. The van der Waals surface area contributed by atoms with E-state index in [1.807, 2.05) is 0 Å². The molecule has 1 aliphatic carbocycles. The number of rotatable bonds is 2. The van der Waals surface area contributed by atoms with Gasteiger partial charge >= 0.3 is 0 Å². The van der Waals surface area contributed by atoms with Crippen molar-refractivity contribution < 1.29 is 13.2 Å². The van der Waals surface area contributed by atoms with Crippen LogP contribution < -0.4 is 4.90 Å². The highest BCUT2D eigenvalue weighted by Crippen LogP contribution is 2.45. The van der Waals surface area contributed by atoms with Gasteiger partial charge in [-0.15, -0.1) is 0 Å². The lowest BCUT2D eigenvalue weighted by Gasteiger charge is -2.25. The Bertz CT molecular complexity index is 852. The standard InChI is InChI=1S/C15H14Cl2N2O3S2/c16-9-2-1-3-10(13(9)17)19-11-6-24(21,22)7-12(11)23-15(19)18-14(20)8-4-5-8/h1-3,8,11-12H,4-7H2/t11-,12-/m0/s1. The monoisotopic (exact) mass is 404 g/mol. The minimum Gasteiger partial charge on any atom is -0.314 e. The molecule has 2 atom stereocenters. The number of amidine groups is 1. The number of nitrogens with zero attached hydrogens (tertiary/aromatic N) is 2. The summed E-state index contributed by atoms with van der Waals surface area (Å²) in [5, 5.41) is 1.12. The van der Waals surface area contributed by atoms with E-state index in [-0.39, 0.29) is 34.6 Å². The van der Waals surface area contributed by atoms with Crippen LogP contribution in [0.2, 0.25) is 10.0 Å². The van der Waals surface area contributed by atoms with Crippen LogP contribution in [0.1, 0.15) is 12.8 Å². The summed E-state index contributed by atoms with van der Waals surface area (Å²) in [6.45, 7) is 0. The van der Waals surface area contributed by atoms with Gasteiger partial charge in [0.2, 0.25) is 0 Å². The second-order valence-corrected chi connectivity index (χ2v) is 10.4. The van der Waals surface area contributed by atoms with Crippen LogP contribution in [0.4, 0.5) is 5.69 Å². The lowest BCUT2D eigenvalue weighted by molar-refractivity contribution is -0.118. The highest BCUT2D eigenvalue weighted by Gasteiger charge is 2.50. The predicted octanol–water partition coefficient (Wildman–Crippen LogP) is 3.00. The Kier molecular flexibility index (Phi) is 4.10. The number of benzene rings is 1. The molecule has 24 heavy (non-hydrogen) atoms. The van der Waals surface area contributed by atoms with Crippen LogP contribution in [0.3, 0.4) is 0 Å². The maximum Gasteiger partial charge on any atom is 0.251 e. The first-order valence-corrected chi connectivity index (χ1v) is 11.0. The van der Waals surface area contributed by atoms with Crippen LogP contribution in [-0.4, -0.2) is 42.3 Å². The van der Waals surface area contributed by atoms with E-state index in [4.69, 9.17) is 23.2 Å². The molecule has 128 valence electrons. The number of carbonyl (C=O) groups excluding carboxylic acids is 1. The molecule has 2 aliphatic heterocycles. The number of carbonyl (C=O) groups is 1. The van der Waals surface area contributed by atoms with Gasteiger partial charge < -0.3 is 4.90 Å². The van der Waals surface area contributed by atoms with Crippen molar-refractivity contribution in [3.63, 3.8) is 0 Å². The van der Waals surface area contributed by atoms with E-state index >= 15 is 0 Å². The van der Waals surface area contributed by atoms with Crippen molar-refractivity contribution in [3.05, 3.63) is 28.2 Å². The van der Waals surface area contributed by atoms with Gasteiger partial charge in [-0.25, -0.2) is 8.42 Å². The van der Waals surface area contributed by atoms with Crippen molar-refractivity contribution in [2.24, 2.45) is 10.9 Å². The van der Waals surface area contributed by atoms with Crippen LogP contribution in [-0.2, 0) is 14.6 Å². The zero-order chi connectivity index (χ0) is 17.1. The van der Waals surface area contributed by atoms with E-state index in [1.165, 1.54) is 11.8 Å². The maximum absolute atomic E-state index is 12.1. The third kappa shape index (κ3) is 2.96. The molecule has 1 aromatic carbocycles. The zero-order valence-electron chi connectivity index (χ0n) is 12.5. The molecule has 1 saturated carbocycles. The Morgan fingerprint density at radius 3 is 2.71 bits per heavy atom. The molecule has 0 N–H and O–H groups in total. The van der Waals surface area contributed by atoms with Gasteiger partial charge in [0, 0.05) is 11.2 Å². The molecular weight excluding hydrogens is 391 g/mol. The quantitative estimate of drug-likeness (QED) is 0.757. The van der Waals surface area contributed by atoms with Gasteiger partial charge in [-0.2, -0.15) is 4.99 Å². The average molecular weight is 405 g/mol. The first-order chi connectivity index (χ1) is 11.4. The van der Waals surface area contributed by atoms with Gasteiger partial charge in [0.05, 0.1) is 33.3 Å². The summed E-state index contributed by atoms with van der Waals surface area (Å²) in [5.41, 5.74) is 0.601. The third-order valence-electron chi connectivity index (χ3n) is 4.39. The topological polar surface area (TPSA) is 66.8 Å². The number of thioether (sulfide) groups is 1. The van der Waals surface area contributed by atoms with E-state index in [0.29, 0.717) is 20.9 Å². The molecule has 0 aromatic heterocycles. The fourth-order valence-electron chi connectivity index (χ4n) is 3.04. The molecule has 2 heterocycles. The average Bonchev–Trinajstić information content (AvgIpc) is 3.24. The molecular formula is C15H14Cl2N2O3S2. The smallest absolute Gasteiger partial charge is 0.251 e. The van der Waals surface area contributed by atoms with Gasteiger partial charge in [0.15, 0.2) is 15.0 Å². The molecule has 0 radical (unpaired) electrons. The Balaban J connectivity index is 1.77. The van der Waals surface area contributed by atoms with Crippen LogP contribution >= 0.6 is 35.0 Å². The summed E-state index contributed by atoms with van der Waals surface area (Å²) >= 11 is 13.8. The number of hydrogen-bond acceptors (Lipinski definition) is 4. The van der Waals surface area contributed by atoms with Crippen molar-refractivity contribution in [1.82, 2.24) is 0 Å². The minimum absolute atomic E-state index is 0.0129. The Morgan fingerprint density at radius 2 is 2.00 bits per heavy atom. The summed E-state index contributed by atoms with van der Waals surface area (Å²) < 4.78 is 24.0. The highest BCUT2D eigenvalue weighted by molar-refractivity contribution is 8.16. The van der Waals surface area contributed by atoms with E-state index in [9.17, 15) is 13.2 Å². The molecule has 0 spiro atoms. The summed E-state index contributed by atoms with van der Waals surface area (Å²) in [6, 6.07) is 4.93.